The van der Waals surface area contributed by atoms with Crippen LogP contribution in [-0.2, 0) is 37.3 Å². The quantitative estimate of drug-likeness (QED) is 0.0685. The Hall–Kier alpha value is -6.72. The van der Waals surface area contributed by atoms with Crippen LogP contribution in [-0.4, -0.2) is 106 Å². The molecule has 7 rings (SSSR count). The minimum atomic E-state index is -0.627. The predicted octanol–water partition coefficient (Wildman–Crippen LogP) is 5.28. The van der Waals surface area contributed by atoms with E-state index < -0.39 is 11.8 Å². The Morgan fingerprint density at radius 2 is 1.28 bits per heavy atom. The number of aromatic nitrogens is 8. The van der Waals surface area contributed by atoms with Gasteiger partial charge in [0, 0.05) is 62.5 Å². The summed E-state index contributed by atoms with van der Waals surface area (Å²) < 4.78 is 18.6. The van der Waals surface area contributed by atoms with Gasteiger partial charge in [-0.15, -0.1) is 0 Å². The highest BCUT2D eigenvalue weighted by molar-refractivity contribution is 5.99. The molecule has 0 spiro atoms. The van der Waals surface area contributed by atoms with Crippen LogP contribution in [0.3, 0.4) is 0 Å². The molecule has 6 aromatic rings. The van der Waals surface area contributed by atoms with Gasteiger partial charge in [0.2, 0.25) is 11.8 Å². The number of aliphatic hydroxyl groups is 2. The number of aryl methyl sites for hydroxylation is 5. The molecule has 0 radical (unpaired) electrons. The van der Waals surface area contributed by atoms with E-state index in [2.05, 4.69) is 15.1 Å². The Balaban J connectivity index is 1.31. The van der Waals surface area contributed by atoms with Crippen LogP contribution in [0.4, 0.5) is 0 Å². The van der Waals surface area contributed by atoms with E-state index in [0.717, 1.165) is 48.5 Å². The molecular weight excluding hydrogens is 779 g/mol. The van der Waals surface area contributed by atoms with Crippen molar-refractivity contribution in [1.29, 1.82) is 0 Å². The van der Waals surface area contributed by atoms with Crippen LogP contribution < -0.4 is 16.2 Å². The first kappa shape index (κ1) is 42.4. The van der Waals surface area contributed by atoms with Crippen LogP contribution in [0.2, 0.25) is 0 Å². The average Bonchev–Trinajstić information content (AvgIpc) is 4.01. The zero-order valence-corrected chi connectivity index (χ0v) is 35.3. The molecular formula is C44H53N11O6. The number of nitrogens with two attached hydrogens (primary N) is 2. The summed E-state index contributed by atoms with van der Waals surface area (Å²) in [5.41, 5.74) is 18.1. The van der Waals surface area contributed by atoms with E-state index in [1.165, 1.54) is 7.11 Å². The molecule has 2 amide bonds. The molecule has 0 bridgehead atoms. The lowest BCUT2D eigenvalue weighted by Crippen LogP contribution is -2.36. The molecule has 61 heavy (non-hydrogen) atoms. The number of amides is 2. The Morgan fingerprint density at radius 3 is 1.79 bits per heavy atom. The molecule has 0 saturated carbocycles. The van der Waals surface area contributed by atoms with Gasteiger partial charge in [-0.1, -0.05) is 12.2 Å². The molecule has 0 atom stereocenters. The topological polar surface area (TPSA) is 220 Å². The first-order valence-corrected chi connectivity index (χ1v) is 20.5. The SMILES string of the molecule is CCn1nc(C)cc1C(O)=Cc1nc2cc(C(N)=O)cc(CCCN3CCOCC3)c2n1C/C=C/Cn1c(C=C(O)c2cc(C)nn2CC)nc2cc(C(N)=O)cc(OC)c21. The maximum atomic E-state index is 12.6. The Labute approximate surface area is 353 Å². The number of benzene rings is 2. The van der Waals surface area contributed by atoms with Crippen molar-refractivity contribution in [1.82, 2.24) is 43.6 Å². The number of hydrogen-bond donors (Lipinski definition) is 4. The molecule has 5 heterocycles. The van der Waals surface area contributed by atoms with Gasteiger partial charge < -0.3 is 40.3 Å². The van der Waals surface area contributed by atoms with E-state index in [0.29, 0.717) is 90.2 Å². The first-order chi connectivity index (χ1) is 29.4. The molecule has 320 valence electrons. The van der Waals surface area contributed by atoms with Crippen LogP contribution in [0.25, 0.3) is 45.7 Å². The number of ether oxygens (including phenoxy) is 2. The number of nitrogens with zero attached hydrogens (tertiary/aromatic N) is 9. The van der Waals surface area contributed by atoms with Crippen molar-refractivity contribution in [2.75, 3.05) is 40.0 Å². The number of hydrogen-bond acceptors (Lipinski definition) is 11. The third kappa shape index (κ3) is 9.07. The summed E-state index contributed by atoms with van der Waals surface area (Å²) in [6.45, 7) is 13.4. The highest BCUT2D eigenvalue weighted by atomic mass is 16.5. The van der Waals surface area contributed by atoms with E-state index in [1.807, 2.05) is 61.1 Å². The molecule has 1 aliphatic rings. The fourth-order valence-electron chi connectivity index (χ4n) is 7.90. The monoisotopic (exact) mass is 831 g/mol. The summed E-state index contributed by atoms with van der Waals surface area (Å²) >= 11 is 0. The Morgan fingerprint density at radius 1 is 0.770 bits per heavy atom. The van der Waals surface area contributed by atoms with Gasteiger partial charge in [0.25, 0.3) is 0 Å². The molecule has 0 aliphatic carbocycles. The summed E-state index contributed by atoms with van der Waals surface area (Å²) in [4.78, 5) is 37.0. The molecule has 1 saturated heterocycles. The highest BCUT2D eigenvalue weighted by Gasteiger charge is 2.21. The van der Waals surface area contributed by atoms with E-state index in [-0.39, 0.29) is 23.6 Å². The summed E-state index contributed by atoms with van der Waals surface area (Å²) in [6, 6.07) is 10.3. The Bertz CT molecular complexity index is 2690. The molecule has 17 heteroatoms. The van der Waals surface area contributed by atoms with Gasteiger partial charge in [0.15, 0.2) is 0 Å². The number of methoxy groups -OCH3 is 1. The maximum Gasteiger partial charge on any atom is 0.248 e. The third-order valence-electron chi connectivity index (χ3n) is 10.8. The van der Waals surface area contributed by atoms with Crippen molar-refractivity contribution < 1.29 is 29.3 Å². The number of aliphatic hydroxyl groups excluding tert-OH is 2. The van der Waals surface area contributed by atoms with Gasteiger partial charge >= 0.3 is 0 Å². The van der Waals surface area contributed by atoms with Gasteiger partial charge in [0.05, 0.1) is 48.3 Å². The first-order valence-electron chi connectivity index (χ1n) is 20.5. The molecule has 2 aromatic carbocycles. The largest absolute Gasteiger partial charge is 0.506 e. The van der Waals surface area contributed by atoms with Gasteiger partial charge in [-0.25, -0.2) is 9.97 Å². The molecule has 0 unspecified atom stereocenters. The van der Waals surface area contributed by atoms with Gasteiger partial charge in [-0.3, -0.25) is 23.9 Å². The van der Waals surface area contributed by atoms with E-state index >= 15 is 0 Å². The fraction of sp³-hybridized carbons (Fsp3) is 0.364. The number of fused-ring (bicyclic) bond motifs is 2. The molecule has 4 aromatic heterocycles. The lowest BCUT2D eigenvalue weighted by atomic mass is 10.0. The molecule has 1 fully saturated rings. The summed E-state index contributed by atoms with van der Waals surface area (Å²) in [7, 11) is 1.51. The molecule has 6 N–H and O–H groups in total. The van der Waals surface area contributed by atoms with Crippen molar-refractivity contribution in [2.24, 2.45) is 11.5 Å². The lowest BCUT2D eigenvalue weighted by molar-refractivity contribution is 0.0375. The summed E-state index contributed by atoms with van der Waals surface area (Å²) in [6.07, 6.45) is 8.62. The Kier molecular flexibility index (Phi) is 12.7. The van der Waals surface area contributed by atoms with Crippen LogP contribution in [0, 0.1) is 13.8 Å². The minimum Gasteiger partial charge on any atom is -0.506 e. The lowest BCUT2D eigenvalue weighted by Gasteiger charge is -2.26. The van der Waals surface area contributed by atoms with E-state index in [4.69, 9.17) is 30.9 Å². The summed E-state index contributed by atoms with van der Waals surface area (Å²) in [5, 5.41) is 31.9. The number of allylic oxidation sites excluding steroid dienone is 2. The predicted molar refractivity (Wildman–Crippen MR) is 234 cm³/mol. The standard InChI is InChI=1S/C44H53N11O6/c1-6-54-34(19-27(3)49-54)36(56)25-39-47-32-22-30(43(45)58)21-29(11-10-12-51-15-17-61-18-16-51)41(32)52(39)13-8-9-14-53-40(26-37(57)35-20-28(4)50-55(35)7-2)48-33-23-31(44(46)59)24-38(60-5)42(33)53/h8-9,19-26,56-57H,6-7,10-18H2,1-5H3,(H2,45,58)(H2,46,59)/b9-8+,36-25?,37-26?. The van der Waals surface area contributed by atoms with Gasteiger partial charge in [-0.2, -0.15) is 10.2 Å². The number of primary amides is 2. The summed E-state index contributed by atoms with van der Waals surface area (Å²) in [5.74, 6) is 0.0498. The number of carbonyl (C=O) groups is 2. The zero-order chi connectivity index (χ0) is 43.4. The van der Waals surface area contributed by atoms with Crippen molar-refractivity contribution in [2.45, 2.75) is 66.7 Å². The van der Waals surface area contributed by atoms with E-state index in [1.54, 1.807) is 45.8 Å². The number of morpholine rings is 1. The minimum absolute atomic E-state index is 0.00450. The van der Waals surface area contributed by atoms with Crippen molar-refractivity contribution in [3.63, 3.8) is 0 Å². The average molecular weight is 832 g/mol. The van der Waals surface area contributed by atoms with Crippen molar-refractivity contribution >= 4 is 57.6 Å². The number of rotatable bonds is 17. The smallest absolute Gasteiger partial charge is 0.248 e. The molecule has 1 aliphatic heterocycles. The number of carbonyl (C=O) groups excluding carboxylic acids is 2. The molecule has 17 nitrogen and oxygen atoms in total. The highest BCUT2D eigenvalue weighted by Crippen LogP contribution is 2.31. The second-order valence-corrected chi connectivity index (χ2v) is 15.0. The third-order valence-corrected chi connectivity index (χ3v) is 10.8. The maximum absolute atomic E-state index is 12.6. The van der Waals surface area contributed by atoms with Gasteiger partial charge in [0.1, 0.15) is 45.8 Å². The van der Waals surface area contributed by atoms with Crippen molar-refractivity contribution in [3.8, 4) is 5.75 Å². The second kappa shape index (κ2) is 18.3. The number of imidazole rings is 2. The van der Waals surface area contributed by atoms with Crippen LogP contribution in [0.5, 0.6) is 5.75 Å². The second-order valence-electron chi connectivity index (χ2n) is 15.0. The zero-order valence-electron chi connectivity index (χ0n) is 35.3. The van der Waals surface area contributed by atoms with Crippen LogP contribution >= 0.6 is 0 Å². The van der Waals surface area contributed by atoms with Crippen LogP contribution in [0.1, 0.15) is 81.0 Å². The van der Waals surface area contributed by atoms with Crippen LogP contribution in [0.15, 0.2) is 48.6 Å². The van der Waals surface area contributed by atoms with Gasteiger partial charge in [-0.05, 0) is 89.0 Å². The van der Waals surface area contributed by atoms with Crippen molar-refractivity contribution in [3.05, 3.63) is 99.7 Å². The van der Waals surface area contributed by atoms with E-state index in [9.17, 15) is 19.8 Å². The normalized spacial score (nSPS) is 14.2. The fourth-order valence-corrected chi connectivity index (χ4v) is 7.90.